The fraction of sp³-hybridized carbons (Fsp3) is 0.391. The Balaban J connectivity index is 1.92. The van der Waals surface area contributed by atoms with E-state index >= 15 is 0 Å². The summed E-state index contributed by atoms with van der Waals surface area (Å²) in [5.41, 5.74) is 7.52. The van der Waals surface area contributed by atoms with Gasteiger partial charge >= 0.3 is 6.03 Å². The maximum atomic E-state index is 14.5. The Morgan fingerprint density at radius 3 is 2.70 bits per heavy atom. The van der Waals surface area contributed by atoms with Crippen molar-refractivity contribution >= 4 is 34.5 Å². The Labute approximate surface area is 197 Å². The molecule has 8 nitrogen and oxygen atoms in total. The van der Waals surface area contributed by atoms with E-state index in [9.17, 15) is 9.18 Å². The number of hydrogen-bond acceptors (Lipinski definition) is 5. The van der Waals surface area contributed by atoms with Gasteiger partial charge in [0.05, 0.1) is 16.3 Å². The highest BCUT2D eigenvalue weighted by Gasteiger charge is 2.22. The van der Waals surface area contributed by atoms with E-state index in [0.29, 0.717) is 47.3 Å². The largest absolute Gasteiger partial charge is 0.402 e. The molecule has 0 spiro atoms. The van der Waals surface area contributed by atoms with Crippen LogP contribution < -0.4 is 11.1 Å². The first-order valence-corrected chi connectivity index (χ1v) is 11.3. The van der Waals surface area contributed by atoms with E-state index in [4.69, 9.17) is 17.3 Å². The minimum absolute atomic E-state index is 0.0318. The Morgan fingerprint density at radius 2 is 2.03 bits per heavy atom. The van der Waals surface area contributed by atoms with Crippen molar-refractivity contribution < 1.29 is 9.18 Å². The summed E-state index contributed by atoms with van der Waals surface area (Å²) < 4.78 is 14.5. The fourth-order valence-electron chi connectivity index (χ4n) is 3.58. The van der Waals surface area contributed by atoms with Gasteiger partial charge in [0.25, 0.3) is 0 Å². The number of urea groups is 1. The zero-order chi connectivity index (χ0) is 24.1. The van der Waals surface area contributed by atoms with Crippen molar-refractivity contribution in [1.29, 1.82) is 0 Å². The predicted octanol–water partition coefficient (Wildman–Crippen LogP) is 4.52. The number of aromatic nitrogens is 4. The molecule has 3 rings (SSSR count). The van der Waals surface area contributed by atoms with Crippen LogP contribution in [-0.2, 0) is 6.42 Å². The first-order valence-electron chi connectivity index (χ1n) is 10.9. The molecule has 0 unspecified atom stereocenters. The lowest BCUT2D eigenvalue weighted by Crippen LogP contribution is -2.46. The van der Waals surface area contributed by atoms with Crippen LogP contribution in [0.15, 0.2) is 30.9 Å². The monoisotopic (exact) mass is 473 g/mol. The van der Waals surface area contributed by atoms with Gasteiger partial charge < -0.3 is 20.9 Å². The van der Waals surface area contributed by atoms with Crippen LogP contribution in [0.25, 0.3) is 28.2 Å². The van der Waals surface area contributed by atoms with E-state index in [1.165, 1.54) is 6.20 Å². The maximum absolute atomic E-state index is 14.5. The summed E-state index contributed by atoms with van der Waals surface area (Å²) >= 11 is 6.11. The lowest BCUT2D eigenvalue weighted by Gasteiger charge is -2.26. The number of rotatable bonds is 8. The number of carbonyl (C=O) groups excluding carboxylic acids is 1. The van der Waals surface area contributed by atoms with Gasteiger partial charge in [-0.25, -0.2) is 24.1 Å². The average Bonchev–Trinajstić information content (AvgIpc) is 3.22. The Kier molecular flexibility index (Phi) is 7.86. The molecule has 3 aromatic rings. The molecule has 0 bridgehead atoms. The second-order valence-electron chi connectivity index (χ2n) is 7.91. The number of aromatic amines is 1. The number of nitrogens with zero attached hydrogens (tertiary/aromatic N) is 4. The molecule has 0 aliphatic carbocycles. The first kappa shape index (κ1) is 24.4. The highest BCUT2D eigenvalue weighted by molar-refractivity contribution is 6.31. The van der Waals surface area contributed by atoms with E-state index in [-0.39, 0.29) is 23.6 Å². The summed E-state index contributed by atoms with van der Waals surface area (Å²) in [6, 6.07) is 1.49. The van der Waals surface area contributed by atoms with Gasteiger partial charge in [-0.1, -0.05) is 18.5 Å². The number of amides is 2. The number of nitrogens with two attached hydrogens (primary N) is 1. The van der Waals surface area contributed by atoms with Crippen LogP contribution in [0, 0.1) is 5.92 Å². The fourth-order valence-corrected chi connectivity index (χ4v) is 3.73. The standard InChI is InChI=1S/C23H29ClFN7O/c1-5-32(6-2)23(33)30-14(4)13(3)7-20-18(19(25)9-26)12-29-22(31-20)17-11-28-21-16(17)8-15(24)10-27-21/h8-14H,5-7,26H2,1-4H3,(H,27,28)(H,30,33)/b19-9+/t13-,14+/m1/s1. The zero-order valence-electron chi connectivity index (χ0n) is 19.2. The summed E-state index contributed by atoms with van der Waals surface area (Å²) in [5.74, 6) is -0.219. The summed E-state index contributed by atoms with van der Waals surface area (Å²) in [4.78, 5) is 30.5. The molecule has 3 heterocycles. The normalized spacial score (nSPS) is 13.7. The van der Waals surface area contributed by atoms with Crippen molar-refractivity contribution in [2.24, 2.45) is 11.7 Å². The predicted molar refractivity (Wildman–Crippen MR) is 129 cm³/mol. The molecule has 0 saturated carbocycles. The third kappa shape index (κ3) is 5.42. The number of halogens is 2. The molecule has 3 aromatic heterocycles. The van der Waals surface area contributed by atoms with Crippen LogP contribution in [0.4, 0.5) is 9.18 Å². The molecule has 176 valence electrons. The first-order chi connectivity index (χ1) is 15.8. The quantitative estimate of drug-likeness (QED) is 0.445. The highest BCUT2D eigenvalue weighted by Crippen LogP contribution is 2.29. The molecule has 4 N–H and O–H groups in total. The van der Waals surface area contributed by atoms with Gasteiger partial charge in [-0.15, -0.1) is 0 Å². The molecule has 2 amide bonds. The van der Waals surface area contributed by atoms with E-state index in [1.54, 1.807) is 23.4 Å². The Bertz CT molecular complexity index is 1160. The number of pyridine rings is 1. The number of carbonyl (C=O) groups is 1. The molecule has 0 fully saturated rings. The number of hydrogen-bond donors (Lipinski definition) is 3. The molecular formula is C23H29ClFN7O. The summed E-state index contributed by atoms with van der Waals surface area (Å²) in [6.45, 7) is 9.02. The molecule has 10 heteroatoms. The van der Waals surface area contributed by atoms with E-state index in [1.807, 2.05) is 27.7 Å². The van der Waals surface area contributed by atoms with Crippen molar-refractivity contribution in [3.05, 3.63) is 47.1 Å². The van der Waals surface area contributed by atoms with Gasteiger partial charge in [0.15, 0.2) is 5.82 Å². The van der Waals surface area contributed by atoms with Crippen LogP contribution in [0.5, 0.6) is 0 Å². The molecule has 0 aromatic carbocycles. The lowest BCUT2D eigenvalue weighted by atomic mass is 9.95. The number of nitrogens with one attached hydrogen (secondary N) is 2. The van der Waals surface area contributed by atoms with Crippen molar-refractivity contribution in [2.75, 3.05) is 13.1 Å². The van der Waals surface area contributed by atoms with Gasteiger partial charge in [0.1, 0.15) is 11.5 Å². The van der Waals surface area contributed by atoms with Crippen LogP contribution >= 0.6 is 11.6 Å². The Morgan fingerprint density at radius 1 is 1.30 bits per heavy atom. The second-order valence-corrected chi connectivity index (χ2v) is 8.35. The second kappa shape index (κ2) is 10.6. The SMILES string of the molecule is CCN(CC)C(=O)N[C@@H](C)[C@H](C)Cc1nc(-c2c[nH]c3ncc(Cl)cc23)ncc1/C(F)=C\N. The zero-order valence-corrected chi connectivity index (χ0v) is 19.9. The molecule has 0 radical (unpaired) electrons. The third-order valence-electron chi connectivity index (χ3n) is 5.78. The van der Waals surface area contributed by atoms with Crippen molar-refractivity contribution in [1.82, 2.24) is 30.2 Å². The van der Waals surface area contributed by atoms with Crippen molar-refractivity contribution in [2.45, 2.75) is 40.2 Å². The molecule has 0 aliphatic rings. The Hall–Kier alpha value is -3.20. The summed E-state index contributed by atoms with van der Waals surface area (Å²) in [7, 11) is 0. The number of H-pyrrole nitrogens is 1. The molecular weight excluding hydrogens is 445 g/mol. The highest BCUT2D eigenvalue weighted by atomic mass is 35.5. The maximum Gasteiger partial charge on any atom is 0.317 e. The number of fused-ring (bicyclic) bond motifs is 1. The minimum Gasteiger partial charge on any atom is -0.402 e. The van der Waals surface area contributed by atoms with Crippen LogP contribution in [-0.4, -0.2) is 50.0 Å². The van der Waals surface area contributed by atoms with Crippen LogP contribution in [0.2, 0.25) is 5.02 Å². The van der Waals surface area contributed by atoms with Crippen LogP contribution in [0.3, 0.4) is 0 Å². The average molecular weight is 474 g/mol. The van der Waals surface area contributed by atoms with Crippen molar-refractivity contribution in [3.8, 4) is 11.4 Å². The summed E-state index contributed by atoms with van der Waals surface area (Å²) in [6.07, 6.45) is 6.04. The van der Waals surface area contributed by atoms with Gasteiger partial charge in [-0.05, 0) is 39.2 Å². The topological polar surface area (TPSA) is 113 Å². The van der Waals surface area contributed by atoms with E-state index in [0.717, 1.165) is 11.6 Å². The third-order valence-corrected chi connectivity index (χ3v) is 5.99. The minimum atomic E-state index is -0.604. The van der Waals surface area contributed by atoms with Crippen LogP contribution in [0.1, 0.15) is 39.0 Å². The smallest absolute Gasteiger partial charge is 0.317 e. The van der Waals surface area contributed by atoms with Gasteiger partial charge in [-0.3, -0.25) is 0 Å². The van der Waals surface area contributed by atoms with E-state index in [2.05, 4.69) is 25.3 Å². The van der Waals surface area contributed by atoms with Crippen molar-refractivity contribution in [3.63, 3.8) is 0 Å². The molecule has 0 aliphatic heterocycles. The van der Waals surface area contributed by atoms with Gasteiger partial charge in [-0.2, -0.15) is 0 Å². The molecule has 0 saturated heterocycles. The van der Waals surface area contributed by atoms with Gasteiger partial charge in [0.2, 0.25) is 0 Å². The van der Waals surface area contributed by atoms with Gasteiger partial charge in [0, 0.05) is 54.9 Å². The van der Waals surface area contributed by atoms with E-state index < -0.39 is 5.83 Å². The molecule has 33 heavy (non-hydrogen) atoms. The summed E-state index contributed by atoms with van der Waals surface area (Å²) in [5, 5.41) is 4.28. The molecule has 2 atom stereocenters. The lowest BCUT2D eigenvalue weighted by molar-refractivity contribution is 0.195.